The molecule has 1 aliphatic carbocycles. The standard InChI is InChI=1S/C16H21Br2NO2/c1-3-10-5-4-6-12(7-10)19-15-13(16(20)21-2)8-11(17)9-14(15)18/h8-10,12,19H,3-7H2,1-2H3. The Hall–Kier alpha value is -0.550. The summed E-state index contributed by atoms with van der Waals surface area (Å²) in [6.07, 6.45) is 6.11. The van der Waals surface area contributed by atoms with Gasteiger partial charge in [-0.05, 0) is 46.8 Å². The van der Waals surface area contributed by atoms with Gasteiger partial charge in [-0.3, -0.25) is 0 Å². The minimum absolute atomic E-state index is 0.317. The predicted octanol–water partition coefficient (Wildman–Crippen LogP) is 5.38. The van der Waals surface area contributed by atoms with Crippen molar-refractivity contribution in [2.24, 2.45) is 5.92 Å². The summed E-state index contributed by atoms with van der Waals surface area (Å²) in [4.78, 5) is 12.0. The molecule has 2 atom stereocenters. The first-order chi connectivity index (χ1) is 10.0. The van der Waals surface area contributed by atoms with Gasteiger partial charge in [-0.2, -0.15) is 0 Å². The number of anilines is 1. The topological polar surface area (TPSA) is 38.3 Å². The lowest BCUT2D eigenvalue weighted by Gasteiger charge is -2.30. The zero-order valence-corrected chi connectivity index (χ0v) is 15.6. The van der Waals surface area contributed by atoms with Crippen molar-refractivity contribution in [1.82, 2.24) is 0 Å². The lowest BCUT2D eigenvalue weighted by molar-refractivity contribution is 0.0601. The molecule has 0 radical (unpaired) electrons. The zero-order valence-electron chi connectivity index (χ0n) is 12.4. The number of rotatable bonds is 4. The number of esters is 1. The Bertz CT molecular complexity index is 519. The summed E-state index contributed by atoms with van der Waals surface area (Å²) in [7, 11) is 1.41. The van der Waals surface area contributed by atoms with Crippen molar-refractivity contribution in [1.29, 1.82) is 0 Å². The van der Waals surface area contributed by atoms with Gasteiger partial charge in [-0.1, -0.05) is 42.1 Å². The molecule has 0 spiro atoms. The molecule has 0 aliphatic heterocycles. The highest BCUT2D eigenvalue weighted by Crippen LogP contribution is 2.35. The van der Waals surface area contributed by atoms with Crippen LogP contribution in [0.1, 0.15) is 49.4 Å². The Morgan fingerprint density at radius 1 is 1.38 bits per heavy atom. The van der Waals surface area contributed by atoms with Crippen LogP contribution in [0.15, 0.2) is 21.1 Å². The van der Waals surface area contributed by atoms with Crippen LogP contribution in [-0.2, 0) is 4.74 Å². The van der Waals surface area contributed by atoms with E-state index in [9.17, 15) is 4.79 Å². The molecule has 0 bridgehead atoms. The summed E-state index contributed by atoms with van der Waals surface area (Å²) < 4.78 is 6.64. The van der Waals surface area contributed by atoms with Crippen LogP contribution in [0, 0.1) is 5.92 Å². The number of halogens is 2. The smallest absolute Gasteiger partial charge is 0.340 e. The van der Waals surface area contributed by atoms with E-state index in [0.717, 1.165) is 27.0 Å². The Balaban J connectivity index is 2.24. The Morgan fingerprint density at radius 3 is 2.81 bits per heavy atom. The van der Waals surface area contributed by atoms with Crippen LogP contribution in [-0.4, -0.2) is 19.1 Å². The number of nitrogens with one attached hydrogen (secondary N) is 1. The average molecular weight is 419 g/mol. The second-order valence-corrected chi connectivity index (χ2v) is 7.35. The Labute approximate surface area is 143 Å². The van der Waals surface area contributed by atoms with Gasteiger partial charge in [0.25, 0.3) is 0 Å². The molecule has 0 amide bonds. The lowest BCUT2D eigenvalue weighted by atomic mass is 9.84. The summed E-state index contributed by atoms with van der Waals surface area (Å²) in [5.41, 5.74) is 1.41. The zero-order chi connectivity index (χ0) is 15.4. The molecule has 1 fully saturated rings. The third kappa shape index (κ3) is 4.22. The highest BCUT2D eigenvalue weighted by atomic mass is 79.9. The minimum Gasteiger partial charge on any atom is -0.465 e. The largest absolute Gasteiger partial charge is 0.465 e. The third-order valence-electron chi connectivity index (χ3n) is 4.17. The van der Waals surface area contributed by atoms with E-state index < -0.39 is 0 Å². The molecular weight excluding hydrogens is 398 g/mol. The number of methoxy groups -OCH3 is 1. The van der Waals surface area contributed by atoms with Crippen molar-refractivity contribution < 1.29 is 9.53 Å². The molecular formula is C16H21Br2NO2. The Kier molecular flexibility index (Phi) is 6.11. The van der Waals surface area contributed by atoms with Crippen LogP contribution in [0.3, 0.4) is 0 Å². The number of carbonyl (C=O) groups excluding carboxylic acids is 1. The first-order valence-electron chi connectivity index (χ1n) is 7.39. The predicted molar refractivity (Wildman–Crippen MR) is 92.8 cm³/mol. The van der Waals surface area contributed by atoms with Gasteiger partial charge < -0.3 is 10.1 Å². The first-order valence-corrected chi connectivity index (χ1v) is 8.97. The number of hydrogen-bond acceptors (Lipinski definition) is 3. The average Bonchev–Trinajstić information content (AvgIpc) is 2.49. The van der Waals surface area contributed by atoms with E-state index in [0.29, 0.717) is 11.6 Å². The van der Waals surface area contributed by atoms with Crippen LogP contribution in [0.2, 0.25) is 0 Å². The summed E-state index contributed by atoms with van der Waals surface area (Å²) >= 11 is 6.98. The van der Waals surface area contributed by atoms with E-state index in [1.165, 1.54) is 32.8 Å². The van der Waals surface area contributed by atoms with Gasteiger partial charge in [0, 0.05) is 15.0 Å². The summed E-state index contributed by atoms with van der Waals surface area (Å²) in [6.45, 7) is 2.25. The van der Waals surface area contributed by atoms with Crippen LogP contribution >= 0.6 is 31.9 Å². The van der Waals surface area contributed by atoms with Crippen molar-refractivity contribution in [2.45, 2.75) is 45.1 Å². The normalized spacial score (nSPS) is 21.9. The van der Waals surface area contributed by atoms with Gasteiger partial charge in [0.1, 0.15) is 0 Å². The molecule has 3 nitrogen and oxygen atoms in total. The molecule has 21 heavy (non-hydrogen) atoms. The van der Waals surface area contributed by atoms with Gasteiger partial charge in [-0.15, -0.1) is 0 Å². The van der Waals surface area contributed by atoms with Crippen molar-refractivity contribution in [2.75, 3.05) is 12.4 Å². The van der Waals surface area contributed by atoms with Gasteiger partial charge in [0.2, 0.25) is 0 Å². The number of ether oxygens (including phenoxy) is 1. The SMILES string of the molecule is CCC1CCCC(Nc2c(Br)cc(Br)cc2C(=O)OC)C1. The minimum atomic E-state index is -0.317. The van der Waals surface area contributed by atoms with E-state index in [1.54, 1.807) is 6.07 Å². The van der Waals surface area contributed by atoms with Crippen molar-refractivity contribution in [3.05, 3.63) is 26.6 Å². The van der Waals surface area contributed by atoms with Gasteiger partial charge in [0.15, 0.2) is 0 Å². The molecule has 0 aromatic heterocycles. The van der Waals surface area contributed by atoms with E-state index in [-0.39, 0.29) is 5.97 Å². The maximum atomic E-state index is 12.0. The molecule has 116 valence electrons. The second-order valence-electron chi connectivity index (χ2n) is 5.58. The molecule has 0 heterocycles. The van der Waals surface area contributed by atoms with Crippen LogP contribution in [0.25, 0.3) is 0 Å². The Morgan fingerprint density at radius 2 is 2.14 bits per heavy atom. The summed E-state index contributed by atoms with van der Waals surface area (Å²) in [5.74, 6) is 0.467. The first kappa shape index (κ1) is 16.8. The van der Waals surface area contributed by atoms with Crippen LogP contribution in [0.5, 0.6) is 0 Å². The van der Waals surface area contributed by atoms with Crippen molar-refractivity contribution in [3.8, 4) is 0 Å². The molecule has 1 aliphatic rings. The fraction of sp³-hybridized carbons (Fsp3) is 0.562. The summed E-state index contributed by atoms with van der Waals surface area (Å²) in [6, 6.07) is 4.18. The fourth-order valence-electron chi connectivity index (χ4n) is 2.99. The maximum absolute atomic E-state index is 12.0. The number of benzene rings is 1. The molecule has 1 aromatic rings. The van der Waals surface area contributed by atoms with Gasteiger partial charge >= 0.3 is 5.97 Å². The highest BCUT2D eigenvalue weighted by molar-refractivity contribution is 9.11. The lowest BCUT2D eigenvalue weighted by Crippen LogP contribution is -2.28. The number of hydrogen-bond donors (Lipinski definition) is 1. The third-order valence-corrected chi connectivity index (χ3v) is 5.25. The fourth-order valence-corrected chi connectivity index (χ4v) is 4.33. The molecule has 1 saturated carbocycles. The molecule has 1 aromatic carbocycles. The van der Waals surface area contributed by atoms with Crippen molar-refractivity contribution in [3.63, 3.8) is 0 Å². The van der Waals surface area contributed by atoms with E-state index in [4.69, 9.17) is 4.74 Å². The van der Waals surface area contributed by atoms with Crippen LogP contribution < -0.4 is 5.32 Å². The van der Waals surface area contributed by atoms with Crippen LogP contribution in [0.4, 0.5) is 5.69 Å². The van der Waals surface area contributed by atoms with E-state index >= 15 is 0 Å². The molecule has 2 unspecified atom stereocenters. The maximum Gasteiger partial charge on any atom is 0.340 e. The van der Waals surface area contributed by atoms with Gasteiger partial charge in [0.05, 0.1) is 18.4 Å². The van der Waals surface area contributed by atoms with E-state index in [2.05, 4.69) is 44.1 Å². The highest BCUT2D eigenvalue weighted by Gasteiger charge is 2.24. The summed E-state index contributed by atoms with van der Waals surface area (Å²) in [5, 5.41) is 3.56. The van der Waals surface area contributed by atoms with E-state index in [1.807, 2.05) is 6.07 Å². The monoisotopic (exact) mass is 417 g/mol. The second kappa shape index (κ2) is 7.63. The van der Waals surface area contributed by atoms with Gasteiger partial charge in [-0.25, -0.2) is 4.79 Å². The molecule has 0 saturated heterocycles. The van der Waals surface area contributed by atoms with Crippen molar-refractivity contribution >= 4 is 43.5 Å². The quantitative estimate of drug-likeness (QED) is 0.667. The molecule has 1 N–H and O–H groups in total. The molecule has 5 heteroatoms. The molecule has 2 rings (SSSR count). The number of carbonyl (C=O) groups is 1.